The Bertz CT molecular complexity index is 312. The third-order valence-electron chi connectivity index (χ3n) is 1.87. The van der Waals surface area contributed by atoms with Crippen LogP contribution in [0.1, 0.15) is 5.56 Å². The van der Waals surface area contributed by atoms with Crippen LogP contribution < -0.4 is 10.5 Å². The molecule has 1 aliphatic rings. The molecule has 2 rings (SSSR count). The zero-order valence-electron chi connectivity index (χ0n) is 6.90. The summed E-state index contributed by atoms with van der Waals surface area (Å²) in [5, 5.41) is 0. The second kappa shape index (κ2) is 2.97. The molecule has 2 N–H and O–H groups in total. The fourth-order valence-corrected chi connectivity index (χ4v) is 1.35. The molecular weight excluding hydrogens is 170 g/mol. The number of benzene rings is 1. The molecule has 4 nitrogen and oxygen atoms in total. The summed E-state index contributed by atoms with van der Waals surface area (Å²) in [7, 11) is 0. The van der Waals surface area contributed by atoms with E-state index in [-0.39, 0.29) is 0 Å². The number of primary amides is 1. The molecule has 1 amide bonds. The molecule has 1 aromatic rings. The highest BCUT2D eigenvalue weighted by Crippen LogP contribution is 2.28. The van der Waals surface area contributed by atoms with Crippen LogP contribution in [0.25, 0.3) is 0 Å². The first kappa shape index (κ1) is 7.91. The van der Waals surface area contributed by atoms with E-state index in [1.165, 1.54) is 0 Å². The maximum atomic E-state index is 10.4. The summed E-state index contributed by atoms with van der Waals surface area (Å²) in [5.74, 6) is 0.758. The van der Waals surface area contributed by atoms with Crippen LogP contribution in [0.2, 0.25) is 0 Å². The van der Waals surface area contributed by atoms with Crippen molar-refractivity contribution in [3.05, 3.63) is 29.8 Å². The summed E-state index contributed by atoms with van der Waals surface area (Å²) in [6.07, 6.45) is -0.799. The summed E-state index contributed by atoms with van der Waals surface area (Å²) in [5.41, 5.74) is 5.90. The van der Waals surface area contributed by atoms with Gasteiger partial charge in [0.2, 0.25) is 6.29 Å². The van der Waals surface area contributed by atoms with Crippen LogP contribution >= 0.6 is 0 Å². The van der Waals surface area contributed by atoms with Crippen LogP contribution in [0.3, 0.4) is 0 Å². The number of ether oxygens (including phenoxy) is 2. The second-order valence-corrected chi connectivity index (χ2v) is 2.80. The van der Waals surface area contributed by atoms with Crippen LogP contribution in [-0.4, -0.2) is 12.4 Å². The fourth-order valence-electron chi connectivity index (χ4n) is 1.35. The predicted molar refractivity (Wildman–Crippen MR) is 45.2 cm³/mol. The van der Waals surface area contributed by atoms with E-state index in [0.29, 0.717) is 6.42 Å². The summed E-state index contributed by atoms with van der Waals surface area (Å²) in [6, 6.07) is 7.54. The van der Waals surface area contributed by atoms with E-state index < -0.39 is 12.4 Å². The molecule has 0 aliphatic carbocycles. The normalized spacial score (nSPS) is 18.9. The molecule has 0 saturated carbocycles. The lowest BCUT2D eigenvalue weighted by molar-refractivity contribution is -0.0122. The Morgan fingerprint density at radius 2 is 2.31 bits per heavy atom. The molecule has 0 fully saturated rings. The molecule has 1 heterocycles. The highest BCUT2D eigenvalue weighted by Gasteiger charge is 2.24. The Balaban J connectivity index is 2.09. The summed E-state index contributed by atoms with van der Waals surface area (Å²) in [6.45, 7) is 0. The Morgan fingerprint density at radius 1 is 1.54 bits per heavy atom. The molecular formula is C9H9NO3. The van der Waals surface area contributed by atoms with Crippen LogP contribution in [-0.2, 0) is 11.2 Å². The van der Waals surface area contributed by atoms with Crippen LogP contribution in [0.4, 0.5) is 4.79 Å². The molecule has 4 heteroatoms. The van der Waals surface area contributed by atoms with Crippen molar-refractivity contribution in [2.24, 2.45) is 5.73 Å². The number of hydrogen-bond donors (Lipinski definition) is 1. The fraction of sp³-hybridized carbons (Fsp3) is 0.222. The van der Waals surface area contributed by atoms with Gasteiger partial charge in [0, 0.05) is 5.56 Å². The molecule has 1 atom stereocenters. The number of rotatable bonds is 1. The molecule has 0 bridgehead atoms. The Labute approximate surface area is 75.2 Å². The van der Waals surface area contributed by atoms with Crippen LogP contribution in [0.5, 0.6) is 5.75 Å². The average Bonchev–Trinajstić information content (AvgIpc) is 2.44. The van der Waals surface area contributed by atoms with Crippen molar-refractivity contribution in [1.29, 1.82) is 0 Å². The van der Waals surface area contributed by atoms with Gasteiger partial charge in [-0.05, 0) is 6.07 Å². The summed E-state index contributed by atoms with van der Waals surface area (Å²) >= 11 is 0. The van der Waals surface area contributed by atoms with E-state index in [1.807, 2.05) is 24.3 Å². The van der Waals surface area contributed by atoms with Crippen molar-refractivity contribution in [1.82, 2.24) is 0 Å². The number of carbonyl (C=O) groups excluding carboxylic acids is 1. The first-order valence-electron chi connectivity index (χ1n) is 3.96. The van der Waals surface area contributed by atoms with E-state index in [2.05, 4.69) is 0 Å². The lowest BCUT2D eigenvalue weighted by atomic mass is 10.2. The highest BCUT2D eigenvalue weighted by atomic mass is 16.7. The molecule has 0 saturated heterocycles. The third kappa shape index (κ3) is 1.56. The Hall–Kier alpha value is -1.71. The minimum atomic E-state index is -0.808. The first-order chi connectivity index (χ1) is 6.25. The molecule has 0 aromatic heterocycles. The van der Waals surface area contributed by atoms with E-state index in [9.17, 15) is 4.79 Å². The maximum absolute atomic E-state index is 10.4. The maximum Gasteiger partial charge on any atom is 0.407 e. The van der Waals surface area contributed by atoms with E-state index in [0.717, 1.165) is 11.3 Å². The minimum Gasteiger partial charge on any atom is -0.454 e. The molecule has 13 heavy (non-hydrogen) atoms. The monoisotopic (exact) mass is 179 g/mol. The van der Waals surface area contributed by atoms with Crippen molar-refractivity contribution in [3.8, 4) is 5.75 Å². The van der Waals surface area contributed by atoms with Crippen LogP contribution in [0.15, 0.2) is 24.3 Å². The Kier molecular flexibility index (Phi) is 1.81. The molecule has 1 unspecified atom stereocenters. The number of amides is 1. The van der Waals surface area contributed by atoms with Gasteiger partial charge in [0.1, 0.15) is 5.75 Å². The highest BCUT2D eigenvalue weighted by molar-refractivity contribution is 5.64. The van der Waals surface area contributed by atoms with E-state index >= 15 is 0 Å². The molecule has 0 spiro atoms. The van der Waals surface area contributed by atoms with Gasteiger partial charge in [-0.25, -0.2) is 4.79 Å². The van der Waals surface area contributed by atoms with Gasteiger partial charge in [-0.1, -0.05) is 18.2 Å². The number of carbonyl (C=O) groups is 1. The van der Waals surface area contributed by atoms with Crippen molar-refractivity contribution < 1.29 is 14.3 Å². The van der Waals surface area contributed by atoms with Gasteiger partial charge in [0.15, 0.2) is 0 Å². The van der Waals surface area contributed by atoms with E-state index in [1.54, 1.807) is 0 Å². The van der Waals surface area contributed by atoms with Gasteiger partial charge in [0.05, 0.1) is 6.42 Å². The van der Waals surface area contributed by atoms with Crippen LogP contribution in [0, 0.1) is 0 Å². The first-order valence-corrected chi connectivity index (χ1v) is 3.96. The summed E-state index contributed by atoms with van der Waals surface area (Å²) in [4.78, 5) is 10.4. The minimum absolute atomic E-state index is 0.560. The lowest BCUT2D eigenvalue weighted by Gasteiger charge is -2.08. The molecule has 1 aliphatic heterocycles. The molecule has 0 radical (unpaired) electrons. The molecule has 68 valence electrons. The van der Waals surface area contributed by atoms with Gasteiger partial charge in [0.25, 0.3) is 0 Å². The van der Waals surface area contributed by atoms with Gasteiger partial charge >= 0.3 is 6.09 Å². The van der Waals surface area contributed by atoms with Gasteiger partial charge in [-0.2, -0.15) is 0 Å². The summed E-state index contributed by atoms with van der Waals surface area (Å²) < 4.78 is 10.0. The predicted octanol–water partition coefficient (Wildman–Crippen LogP) is 1.04. The number of para-hydroxylation sites is 1. The largest absolute Gasteiger partial charge is 0.454 e. The number of hydrogen-bond acceptors (Lipinski definition) is 3. The Morgan fingerprint density at radius 3 is 3.00 bits per heavy atom. The smallest absolute Gasteiger partial charge is 0.407 e. The SMILES string of the molecule is NC(=O)OC1Cc2ccccc2O1. The number of fused-ring (bicyclic) bond motifs is 1. The number of nitrogens with two attached hydrogens (primary N) is 1. The quantitative estimate of drug-likeness (QED) is 0.700. The zero-order valence-corrected chi connectivity index (χ0v) is 6.90. The average molecular weight is 179 g/mol. The zero-order chi connectivity index (χ0) is 9.26. The van der Waals surface area contributed by atoms with Crippen molar-refractivity contribution in [2.75, 3.05) is 0 Å². The van der Waals surface area contributed by atoms with Crippen molar-refractivity contribution >= 4 is 6.09 Å². The second-order valence-electron chi connectivity index (χ2n) is 2.80. The van der Waals surface area contributed by atoms with Gasteiger partial charge in [-0.3, -0.25) is 0 Å². The van der Waals surface area contributed by atoms with Crippen molar-refractivity contribution in [2.45, 2.75) is 12.7 Å². The van der Waals surface area contributed by atoms with Gasteiger partial charge in [-0.15, -0.1) is 0 Å². The van der Waals surface area contributed by atoms with E-state index in [4.69, 9.17) is 15.2 Å². The third-order valence-corrected chi connectivity index (χ3v) is 1.87. The van der Waals surface area contributed by atoms with Crippen molar-refractivity contribution in [3.63, 3.8) is 0 Å². The lowest BCUT2D eigenvalue weighted by Crippen LogP contribution is -2.25. The topological polar surface area (TPSA) is 61.6 Å². The standard InChI is InChI=1S/C9H9NO3/c10-9(11)13-8-5-6-3-1-2-4-7(6)12-8/h1-4,8H,5H2,(H2,10,11). The molecule has 1 aromatic carbocycles. The van der Waals surface area contributed by atoms with Gasteiger partial charge < -0.3 is 15.2 Å².